The standard InChI is InChI=1S/C17H27NO2/c1-2-6-14(7-3-1)19-12-5-11-18-16-8-4-9-17-15(16)10-13-20-17/h10,13-14,16,18H,1-9,11-12H2. The predicted molar refractivity (Wildman–Crippen MR) is 79.8 cm³/mol. The lowest BCUT2D eigenvalue weighted by Crippen LogP contribution is -2.26. The van der Waals surface area contributed by atoms with E-state index < -0.39 is 0 Å². The van der Waals surface area contributed by atoms with Crippen LogP contribution in [0, 0.1) is 0 Å². The van der Waals surface area contributed by atoms with Gasteiger partial charge in [-0.2, -0.15) is 0 Å². The highest BCUT2D eigenvalue weighted by atomic mass is 16.5. The number of rotatable bonds is 6. The van der Waals surface area contributed by atoms with E-state index >= 15 is 0 Å². The third kappa shape index (κ3) is 3.64. The molecule has 0 spiro atoms. The van der Waals surface area contributed by atoms with E-state index in [1.54, 1.807) is 0 Å². The third-order valence-corrected chi connectivity index (χ3v) is 4.67. The number of aryl methyl sites for hydroxylation is 1. The summed E-state index contributed by atoms with van der Waals surface area (Å²) in [7, 11) is 0. The fraction of sp³-hybridized carbons (Fsp3) is 0.765. The molecule has 0 aliphatic heterocycles. The van der Waals surface area contributed by atoms with E-state index in [9.17, 15) is 0 Å². The van der Waals surface area contributed by atoms with Crippen molar-refractivity contribution >= 4 is 0 Å². The van der Waals surface area contributed by atoms with Crippen molar-refractivity contribution in [3.05, 3.63) is 23.7 Å². The molecule has 3 nitrogen and oxygen atoms in total. The van der Waals surface area contributed by atoms with Gasteiger partial charge >= 0.3 is 0 Å². The number of hydrogen-bond acceptors (Lipinski definition) is 3. The number of nitrogens with one attached hydrogen (secondary N) is 1. The molecule has 1 heterocycles. The zero-order valence-corrected chi connectivity index (χ0v) is 12.4. The van der Waals surface area contributed by atoms with Crippen molar-refractivity contribution in [2.45, 2.75) is 69.9 Å². The molecule has 112 valence electrons. The fourth-order valence-corrected chi connectivity index (χ4v) is 3.53. The van der Waals surface area contributed by atoms with Crippen molar-refractivity contribution in [2.24, 2.45) is 0 Å². The Morgan fingerprint density at radius 3 is 2.95 bits per heavy atom. The summed E-state index contributed by atoms with van der Waals surface area (Å²) >= 11 is 0. The molecule has 1 fully saturated rings. The van der Waals surface area contributed by atoms with Gasteiger partial charge in [0.05, 0.1) is 12.4 Å². The van der Waals surface area contributed by atoms with E-state index in [-0.39, 0.29) is 0 Å². The largest absolute Gasteiger partial charge is 0.469 e. The number of hydrogen-bond donors (Lipinski definition) is 1. The van der Waals surface area contributed by atoms with Crippen molar-refractivity contribution in [3.63, 3.8) is 0 Å². The lowest BCUT2D eigenvalue weighted by molar-refractivity contribution is 0.0270. The van der Waals surface area contributed by atoms with Crippen LogP contribution in [0.15, 0.2) is 16.7 Å². The van der Waals surface area contributed by atoms with Crippen LogP contribution in [0.1, 0.15) is 68.7 Å². The van der Waals surface area contributed by atoms with E-state index in [4.69, 9.17) is 9.15 Å². The van der Waals surface area contributed by atoms with Crippen LogP contribution in [0.25, 0.3) is 0 Å². The van der Waals surface area contributed by atoms with Gasteiger partial charge in [-0.15, -0.1) is 0 Å². The molecule has 1 unspecified atom stereocenters. The van der Waals surface area contributed by atoms with Crippen LogP contribution in [0.2, 0.25) is 0 Å². The number of fused-ring (bicyclic) bond motifs is 1. The molecule has 3 rings (SSSR count). The van der Waals surface area contributed by atoms with Gasteiger partial charge in [0.1, 0.15) is 5.76 Å². The SMILES string of the molecule is c1cc2c(o1)CCCC2NCCCOC1CCCCC1. The average Bonchev–Trinajstić information content (AvgIpc) is 2.97. The smallest absolute Gasteiger partial charge is 0.108 e. The van der Waals surface area contributed by atoms with Crippen molar-refractivity contribution in [3.8, 4) is 0 Å². The topological polar surface area (TPSA) is 34.4 Å². The molecule has 2 aliphatic carbocycles. The maximum atomic E-state index is 5.97. The summed E-state index contributed by atoms with van der Waals surface area (Å²) in [5.41, 5.74) is 1.38. The Morgan fingerprint density at radius 2 is 2.05 bits per heavy atom. The molecule has 0 aromatic carbocycles. The summed E-state index contributed by atoms with van der Waals surface area (Å²) in [6.45, 7) is 1.95. The van der Waals surface area contributed by atoms with Gasteiger partial charge < -0.3 is 14.5 Å². The molecule has 0 radical (unpaired) electrons. The van der Waals surface area contributed by atoms with E-state index in [2.05, 4.69) is 11.4 Å². The zero-order chi connectivity index (χ0) is 13.6. The lowest BCUT2D eigenvalue weighted by Gasteiger charge is -2.24. The van der Waals surface area contributed by atoms with Crippen molar-refractivity contribution in [1.29, 1.82) is 0 Å². The fourth-order valence-electron chi connectivity index (χ4n) is 3.53. The Morgan fingerprint density at radius 1 is 1.15 bits per heavy atom. The molecule has 1 aromatic rings. The summed E-state index contributed by atoms with van der Waals surface area (Å²) in [6, 6.07) is 2.62. The molecule has 0 bridgehead atoms. The zero-order valence-electron chi connectivity index (χ0n) is 12.4. The monoisotopic (exact) mass is 277 g/mol. The molecule has 3 heteroatoms. The molecular weight excluding hydrogens is 250 g/mol. The first kappa shape index (κ1) is 14.2. The van der Waals surface area contributed by atoms with Crippen LogP contribution < -0.4 is 5.32 Å². The predicted octanol–water partition coefficient (Wildman–Crippen LogP) is 3.99. The Kier molecular flexibility index (Phi) is 5.15. The molecule has 0 saturated heterocycles. The first-order chi connectivity index (χ1) is 9.93. The van der Waals surface area contributed by atoms with Gasteiger partial charge in [-0.05, 0) is 44.7 Å². The molecule has 1 N–H and O–H groups in total. The number of ether oxygens (including phenoxy) is 1. The van der Waals surface area contributed by atoms with E-state index in [1.807, 2.05) is 6.26 Å². The molecule has 1 aromatic heterocycles. The normalized spacial score (nSPS) is 23.7. The Hall–Kier alpha value is -0.800. The quantitative estimate of drug-likeness (QED) is 0.798. The van der Waals surface area contributed by atoms with Crippen LogP contribution in [0.4, 0.5) is 0 Å². The van der Waals surface area contributed by atoms with Crippen LogP contribution in [0.5, 0.6) is 0 Å². The van der Waals surface area contributed by atoms with Crippen molar-refractivity contribution < 1.29 is 9.15 Å². The summed E-state index contributed by atoms with van der Waals surface area (Å²) in [5.74, 6) is 1.19. The van der Waals surface area contributed by atoms with Crippen LogP contribution in [-0.2, 0) is 11.2 Å². The van der Waals surface area contributed by atoms with Gasteiger partial charge in [0.25, 0.3) is 0 Å². The molecule has 0 amide bonds. The Balaban J connectivity index is 1.32. The Labute approximate surface area is 122 Å². The van der Waals surface area contributed by atoms with Crippen molar-refractivity contribution in [1.82, 2.24) is 5.32 Å². The first-order valence-electron chi connectivity index (χ1n) is 8.35. The molecular formula is C17H27NO2. The molecule has 2 aliphatic rings. The minimum Gasteiger partial charge on any atom is -0.469 e. The van der Waals surface area contributed by atoms with Gasteiger partial charge in [-0.3, -0.25) is 0 Å². The van der Waals surface area contributed by atoms with Gasteiger partial charge in [0, 0.05) is 24.6 Å². The summed E-state index contributed by atoms with van der Waals surface area (Å²) < 4.78 is 11.5. The highest BCUT2D eigenvalue weighted by Gasteiger charge is 2.21. The maximum absolute atomic E-state index is 5.97. The third-order valence-electron chi connectivity index (χ3n) is 4.67. The molecule has 20 heavy (non-hydrogen) atoms. The van der Waals surface area contributed by atoms with E-state index in [0.717, 1.165) is 26.0 Å². The summed E-state index contributed by atoms with van der Waals surface area (Å²) in [6.07, 6.45) is 13.7. The second-order valence-corrected chi connectivity index (χ2v) is 6.18. The lowest BCUT2D eigenvalue weighted by atomic mass is 9.93. The molecule has 1 atom stereocenters. The highest BCUT2D eigenvalue weighted by Crippen LogP contribution is 2.30. The molecule has 1 saturated carbocycles. The van der Waals surface area contributed by atoms with Gasteiger partial charge in [0.15, 0.2) is 0 Å². The van der Waals surface area contributed by atoms with Crippen LogP contribution in [0.3, 0.4) is 0 Å². The minimum atomic E-state index is 0.493. The summed E-state index contributed by atoms with van der Waals surface area (Å²) in [5, 5.41) is 3.66. The second kappa shape index (κ2) is 7.28. The van der Waals surface area contributed by atoms with E-state index in [1.165, 1.54) is 56.3 Å². The summed E-state index contributed by atoms with van der Waals surface area (Å²) in [4.78, 5) is 0. The maximum Gasteiger partial charge on any atom is 0.108 e. The van der Waals surface area contributed by atoms with Gasteiger partial charge in [0.2, 0.25) is 0 Å². The van der Waals surface area contributed by atoms with Gasteiger partial charge in [-0.25, -0.2) is 0 Å². The number of furan rings is 1. The highest BCUT2D eigenvalue weighted by molar-refractivity contribution is 5.23. The van der Waals surface area contributed by atoms with Gasteiger partial charge in [-0.1, -0.05) is 19.3 Å². The van der Waals surface area contributed by atoms with Crippen LogP contribution >= 0.6 is 0 Å². The first-order valence-corrected chi connectivity index (χ1v) is 8.35. The van der Waals surface area contributed by atoms with E-state index in [0.29, 0.717) is 12.1 Å². The second-order valence-electron chi connectivity index (χ2n) is 6.18. The Bertz CT molecular complexity index is 395. The minimum absolute atomic E-state index is 0.493. The average molecular weight is 277 g/mol. The van der Waals surface area contributed by atoms with Crippen LogP contribution in [-0.4, -0.2) is 19.3 Å². The van der Waals surface area contributed by atoms with Crippen molar-refractivity contribution in [2.75, 3.05) is 13.2 Å².